The van der Waals surface area contributed by atoms with E-state index in [9.17, 15) is 4.39 Å². The van der Waals surface area contributed by atoms with Gasteiger partial charge in [0.25, 0.3) is 0 Å². The van der Waals surface area contributed by atoms with E-state index in [0.717, 1.165) is 25.2 Å². The fourth-order valence-electron chi connectivity index (χ4n) is 1.63. The molecular formula is C11H11FN2. The molecule has 0 unspecified atom stereocenters. The monoisotopic (exact) mass is 190 g/mol. The lowest BCUT2D eigenvalue weighted by Crippen LogP contribution is -2.45. The summed E-state index contributed by atoms with van der Waals surface area (Å²) in [5.74, 6) is -0.0114. The predicted octanol–water partition coefficient (Wildman–Crippen LogP) is 1.78. The second kappa shape index (κ2) is 3.77. The van der Waals surface area contributed by atoms with Gasteiger partial charge in [-0.3, -0.25) is 4.90 Å². The zero-order valence-electron chi connectivity index (χ0n) is 7.78. The molecule has 2 rings (SSSR count). The number of halogens is 1. The Balaban J connectivity index is 1.88. The molecule has 1 heterocycles. The molecule has 0 radical (unpaired) electrons. The van der Waals surface area contributed by atoms with Gasteiger partial charge >= 0.3 is 0 Å². The summed E-state index contributed by atoms with van der Waals surface area (Å²) >= 11 is 0. The summed E-state index contributed by atoms with van der Waals surface area (Å²) in [5, 5.41) is 8.58. The Bertz CT molecular complexity index is 347. The fraction of sp³-hybridized carbons (Fsp3) is 0.364. The molecular weight excluding hydrogens is 179 g/mol. The molecule has 1 fully saturated rings. The summed E-state index contributed by atoms with van der Waals surface area (Å²) in [6.45, 7) is 2.50. The Hall–Kier alpha value is -1.40. The lowest BCUT2D eigenvalue weighted by atomic mass is 10.0. The first-order valence-corrected chi connectivity index (χ1v) is 4.64. The Morgan fingerprint density at radius 3 is 2.57 bits per heavy atom. The zero-order valence-corrected chi connectivity index (χ0v) is 7.78. The summed E-state index contributed by atoms with van der Waals surface area (Å²) in [4.78, 5) is 2.18. The summed E-state index contributed by atoms with van der Waals surface area (Å²) in [6, 6.07) is 8.74. The van der Waals surface area contributed by atoms with E-state index in [1.54, 1.807) is 12.1 Å². The Kier molecular flexibility index (Phi) is 2.47. The van der Waals surface area contributed by atoms with Gasteiger partial charge in [-0.2, -0.15) is 5.26 Å². The summed E-state index contributed by atoms with van der Waals surface area (Å²) in [7, 11) is 0. The quantitative estimate of drug-likeness (QED) is 0.710. The van der Waals surface area contributed by atoms with E-state index < -0.39 is 0 Å². The van der Waals surface area contributed by atoms with E-state index in [1.165, 1.54) is 12.1 Å². The molecule has 0 bridgehead atoms. The van der Waals surface area contributed by atoms with E-state index >= 15 is 0 Å². The number of benzene rings is 1. The van der Waals surface area contributed by atoms with E-state index in [4.69, 9.17) is 5.26 Å². The van der Waals surface area contributed by atoms with Gasteiger partial charge in [0.2, 0.25) is 0 Å². The minimum atomic E-state index is -0.202. The molecule has 0 amide bonds. The maximum Gasteiger partial charge on any atom is 0.123 e. The number of rotatable bonds is 2. The summed E-state index contributed by atoms with van der Waals surface area (Å²) < 4.78 is 12.6. The Labute approximate surface area is 82.6 Å². The summed E-state index contributed by atoms with van der Waals surface area (Å²) in [6.07, 6.45) is 0. The van der Waals surface area contributed by atoms with Gasteiger partial charge in [0.15, 0.2) is 0 Å². The molecule has 3 heteroatoms. The standard InChI is InChI=1S/C11H11FN2/c12-11-3-1-9(2-4-11)6-14-7-10(5-13)8-14/h1-4,10H,6-8H2. The minimum Gasteiger partial charge on any atom is -0.296 e. The molecule has 0 spiro atoms. The maximum absolute atomic E-state index is 12.6. The molecule has 1 aromatic carbocycles. The van der Waals surface area contributed by atoms with Gasteiger partial charge in [0.1, 0.15) is 5.82 Å². The first-order valence-electron chi connectivity index (χ1n) is 4.64. The van der Waals surface area contributed by atoms with Gasteiger partial charge in [-0.1, -0.05) is 12.1 Å². The molecule has 0 atom stereocenters. The van der Waals surface area contributed by atoms with Crippen molar-refractivity contribution < 1.29 is 4.39 Å². The van der Waals surface area contributed by atoms with Crippen molar-refractivity contribution in [2.75, 3.05) is 13.1 Å². The highest BCUT2D eigenvalue weighted by Crippen LogP contribution is 2.17. The molecule has 72 valence electrons. The number of likely N-dealkylation sites (tertiary alicyclic amines) is 1. The normalized spacial score (nSPS) is 17.4. The number of hydrogen-bond acceptors (Lipinski definition) is 2. The molecule has 0 aliphatic carbocycles. The van der Waals surface area contributed by atoms with Crippen molar-refractivity contribution in [2.45, 2.75) is 6.54 Å². The Morgan fingerprint density at radius 2 is 2.00 bits per heavy atom. The van der Waals surface area contributed by atoms with Crippen LogP contribution >= 0.6 is 0 Å². The molecule has 1 aromatic rings. The van der Waals surface area contributed by atoms with Crippen LogP contribution in [0.2, 0.25) is 0 Å². The minimum absolute atomic E-state index is 0.190. The van der Waals surface area contributed by atoms with Crippen molar-refractivity contribution >= 4 is 0 Å². The third-order valence-corrected chi connectivity index (χ3v) is 2.46. The van der Waals surface area contributed by atoms with Crippen LogP contribution in [-0.2, 0) is 6.54 Å². The highest BCUT2D eigenvalue weighted by molar-refractivity contribution is 5.16. The van der Waals surface area contributed by atoms with E-state index in [1.807, 2.05) is 0 Å². The lowest BCUT2D eigenvalue weighted by Gasteiger charge is -2.35. The largest absolute Gasteiger partial charge is 0.296 e. The van der Waals surface area contributed by atoms with Crippen molar-refractivity contribution in [3.05, 3.63) is 35.6 Å². The highest BCUT2D eigenvalue weighted by Gasteiger charge is 2.25. The zero-order chi connectivity index (χ0) is 9.97. The number of nitrogens with zero attached hydrogens (tertiary/aromatic N) is 2. The van der Waals surface area contributed by atoms with Gasteiger partial charge in [-0.25, -0.2) is 4.39 Å². The highest BCUT2D eigenvalue weighted by atomic mass is 19.1. The van der Waals surface area contributed by atoms with Gasteiger partial charge in [0, 0.05) is 19.6 Å². The summed E-state index contributed by atoms with van der Waals surface area (Å²) in [5.41, 5.74) is 1.10. The van der Waals surface area contributed by atoms with Crippen LogP contribution in [0.15, 0.2) is 24.3 Å². The second-order valence-corrected chi connectivity index (χ2v) is 3.65. The van der Waals surface area contributed by atoms with Gasteiger partial charge < -0.3 is 0 Å². The molecule has 0 saturated carbocycles. The third kappa shape index (κ3) is 1.91. The smallest absolute Gasteiger partial charge is 0.123 e. The van der Waals surface area contributed by atoms with Crippen LogP contribution in [0.4, 0.5) is 4.39 Å². The Morgan fingerprint density at radius 1 is 1.36 bits per heavy atom. The molecule has 1 aliphatic rings. The van der Waals surface area contributed by atoms with Crippen LogP contribution < -0.4 is 0 Å². The SMILES string of the molecule is N#CC1CN(Cc2ccc(F)cc2)C1. The molecule has 2 nitrogen and oxygen atoms in total. The topological polar surface area (TPSA) is 27.0 Å². The van der Waals surface area contributed by atoms with E-state index in [-0.39, 0.29) is 11.7 Å². The van der Waals surface area contributed by atoms with Crippen LogP contribution in [0.5, 0.6) is 0 Å². The predicted molar refractivity (Wildman–Crippen MR) is 50.8 cm³/mol. The average molecular weight is 190 g/mol. The van der Waals surface area contributed by atoms with Crippen LogP contribution in [0.3, 0.4) is 0 Å². The van der Waals surface area contributed by atoms with Gasteiger partial charge in [0.05, 0.1) is 12.0 Å². The van der Waals surface area contributed by atoms with Crippen molar-refractivity contribution in [3.8, 4) is 6.07 Å². The van der Waals surface area contributed by atoms with Crippen molar-refractivity contribution in [1.29, 1.82) is 5.26 Å². The molecule has 14 heavy (non-hydrogen) atoms. The molecule has 0 N–H and O–H groups in total. The first-order chi connectivity index (χ1) is 6.78. The fourth-order valence-corrected chi connectivity index (χ4v) is 1.63. The van der Waals surface area contributed by atoms with Crippen LogP contribution in [0.25, 0.3) is 0 Å². The maximum atomic E-state index is 12.6. The van der Waals surface area contributed by atoms with Crippen LogP contribution in [0.1, 0.15) is 5.56 Å². The first kappa shape index (κ1) is 9.17. The van der Waals surface area contributed by atoms with Crippen LogP contribution in [-0.4, -0.2) is 18.0 Å². The van der Waals surface area contributed by atoms with Crippen LogP contribution in [0, 0.1) is 23.1 Å². The van der Waals surface area contributed by atoms with Crippen molar-refractivity contribution in [2.24, 2.45) is 5.92 Å². The molecule has 1 saturated heterocycles. The van der Waals surface area contributed by atoms with Crippen molar-refractivity contribution in [3.63, 3.8) is 0 Å². The van der Waals surface area contributed by atoms with E-state index in [2.05, 4.69) is 11.0 Å². The van der Waals surface area contributed by atoms with E-state index in [0.29, 0.717) is 0 Å². The molecule has 0 aromatic heterocycles. The second-order valence-electron chi connectivity index (χ2n) is 3.65. The number of hydrogen-bond donors (Lipinski definition) is 0. The van der Waals surface area contributed by atoms with Gasteiger partial charge in [-0.15, -0.1) is 0 Å². The van der Waals surface area contributed by atoms with Gasteiger partial charge in [-0.05, 0) is 17.7 Å². The lowest BCUT2D eigenvalue weighted by molar-refractivity contribution is 0.127. The third-order valence-electron chi connectivity index (χ3n) is 2.46. The molecule has 1 aliphatic heterocycles. The number of nitriles is 1. The average Bonchev–Trinajstić information content (AvgIpc) is 2.13. The van der Waals surface area contributed by atoms with Crippen molar-refractivity contribution in [1.82, 2.24) is 4.90 Å².